The summed E-state index contributed by atoms with van der Waals surface area (Å²) in [6.07, 6.45) is 2.38. The number of carbonyl (C=O) groups is 1. The number of anilines is 1. The van der Waals surface area contributed by atoms with E-state index in [1.54, 1.807) is 11.3 Å². The molecule has 4 heteroatoms. The second-order valence-electron chi connectivity index (χ2n) is 6.41. The summed E-state index contributed by atoms with van der Waals surface area (Å²) in [7, 11) is 0. The lowest BCUT2D eigenvalue weighted by molar-refractivity contribution is -0.910. The standard InChI is InChI=1S/C20H20N2OS/c23-20(14-22-11-3-7-18(22)19-8-4-12-24-19)21-17-10-9-15-5-1-2-6-16(15)13-17/h1-2,4-6,8-10,12-13,18H,3,7,11,14H2,(H,21,23)/p+1/t18-/m0/s1. The molecule has 1 aliphatic rings. The Morgan fingerprint density at radius 1 is 1.12 bits per heavy atom. The highest BCUT2D eigenvalue weighted by Gasteiger charge is 2.32. The molecule has 3 aromatic rings. The summed E-state index contributed by atoms with van der Waals surface area (Å²) < 4.78 is 0. The maximum absolute atomic E-state index is 12.5. The maximum Gasteiger partial charge on any atom is 0.279 e. The number of carbonyl (C=O) groups excluding carboxylic acids is 1. The van der Waals surface area contributed by atoms with Crippen molar-refractivity contribution in [1.29, 1.82) is 0 Å². The fraction of sp³-hybridized carbons (Fsp3) is 0.250. The summed E-state index contributed by atoms with van der Waals surface area (Å²) in [5, 5.41) is 7.54. The zero-order chi connectivity index (χ0) is 16.4. The first-order valence-electron chi connectivity index (χ1n) is 8.46. The summed E-state index contributed by atoms with van der Waals surface area (Å²) in [5.41, 5.74) is 0.880. The first-order valence-corrected chi connectivity index (χ1v) is 9.34. The zero-order valence-corrected chi connectivity index (χ0v) is 14.3. The number of benzene rings is 2. The van der Waals surface area contributed by atoms with Crippen LogP contribution in [0, 0.1) is 0 Å². The minimum atomic E-state index is 0.101. The van der Waals surface area contributed by atoms with Gasteiger partial charge in [-0.3, -0.25) is 4.79 Å². The van der Waals surface area contributed by atoms with E-state index in [9.17, 15) is 4.79 Å². The van der Waals surface area contributed by atoms with Crippen molar-refractivity contribution < 1.29 is 9.69 Å². The SMILES string of the molecule is O=C(C[NH+]1CCC[C@H]1c1cccs1)Nc1ccc2ccccc2c1. The number of amides is 1. The minimum Gasteiger partial charge on any atom is -0.321 e. The summed E-state index contributed by atoms with van der Waals surface area (Å²) in [4.78, 5) is 15.3. The van der Waals surface area contributed by atoms with E-state index in [1.165, 1.54) is 28.0 Å². The van der Waals surface area contributed by atoms with E-state index in [4.69, 9.17) is 0 Å². The van der Waals surface area contributed by atoms with Crippen LogP contribution in [0.2, 0.25) is 0 Å². The molecular weight excluding hydrogens is 316 g/mol. The Hall–Kier alpha value is -2.17. The molecule has 122 valence electrons. The maximum atomic E-state index is 12.5. The summed E-state index contributed by atoms with van der Waals surface area (Å²) in [6, 6.07) is 19.1. The van der Waals surface area contributed by atoms with E-state index in [1.807, 2.05) is 24.3 Å². The predicted molar refractivity (Wildman–Crippen MR) is 99.6 cm³/mol. The lowest BCUT2D eigenvalue weighted by Crippen LogP contribution is -3.11. The van der Waals surface area contributed by atoms with Crippen LogP contribution in [-0.2, 0) is 4.79 Å². The van der Waals surface area contributed by atoms with Gasteiger partial charge in [0.25, 0.3) is 5.91 Å². The average Bonchev–Trinajstić information content (AvgIpc) is 3.25. The van der Waals surface area contributed by atoms with Gasteiger partial charge in [0.05, 0.1) is 11.4 Å². The Kier molecular flexibility index (Phi) is 4.32. The van der Waals surface area contributed by atoms with Crippen LogP contribution in [0.4, 0.5) is 5.69 Å². The van der Waals surface area contributed by atoms with E-state index in [-0.39, 0.29) is 5.91 Å². The molecule has 1 amide bonds. The second-order valence-corrected chi connectivity index (χ2v) is 7.38. The molecule has 0 aliphatic carbocycles. The highest BCUT2D eigenvalue weighted by Crippen LogP contribution is 2.23. The molecule has 0 bridgehead atoms. The third-order valence-electron chi connectivity index (χ3n) is 4.79. The fourth-order valence-corrected chi connectivity index (χ4v) is 4.55. The Bertz CT molecular complexity index is 844. The highest BCUT2D eigenvalue weighted by atomic mass is 32.1. The van der Waals surface area contributed by atoms with Gasteiger partial charge in [0, 0.05) is 18.5 Å². The van der Waals surface area contributed by atoms with Gasteiger partial charge in [0.15, 0.2) is 6.54 Å². The molecule has 0 radical (unpaired) electrons. The van der Waals surface area contributed by atoms with Crippen LogP contribution in [0.15, 0.2) is 60.0 Å². The molecular formula is C20H21N2OS+. The van der Waals surface area contributed by atoms with Crippen molar-refractivity contribution in [3.8, 4) is 0 Å². The van der Waals surface area contributed by atoms with E-state index in [0.29, 0.717) is 12.6 Å². The fourth-order valence-electron chi connectivity index (χ4n) is 3.63. The lowest BCUT2D eigenvalue weighted by atomic mass is 10.1. The van der Waals surface area contributed by atoms with E-state index >= 15 is 0 Å². The molecule has 1 unspecified atom stereocenters. The zero-order valence-electron chi connectivity index (χ0n) is 13.5. The van der Waals surface area contributed by atoms with Gasteiger partial charge in [-0.25, -0.2) is 0 Å². The lowest BCUT2D eigenvalue weighted by Gasteiger charge is -2.20. The van der Waals surface area contributed by atoms with Crippen molar-refractivity contribution in [2.24, 2.45) is 0 Å². The number of fused-ring (bicyclic) bond motifs is 1. The van der Waals surface area contributed by atoms with Crippen LogP contribution in [0.1, 0.15) is 23.8 Å². The topological polar surface area (TPSA) is 33.5 Å². The average molecular weight is 337 g/mol. The molecule has 24 heavy (non-hydrogen) atoms. The van der Waals surface area contributed by atoms with Crippen LogP contribution in [0.3, 0.4) is 0 Å². The normalized spacial score (nSPS) is 20.3. The van der Waals surface area contributed by atoms with Crippen molar-refractivity contribution in [1.82, 2.24) is 0 Å². The number of quaternary nitrogens is 1. The van der Waals surface area contributed by atoms with Crippen LogP contribution in [-0.4, -0.2) is 19.0 Å². The molecule has 1 fully saturated rings. The van der Waals surface area contributed by atoms with E-state index in [2.05, 4.69) is 41.0 Å². The van der Waals surface area contributed by atoms with Crippen LogP contribution >= 0.6 is 11.3 Å². The molecule has 0 saturated carbocycles. The van der Waals surface area contributed by atoms with Gasteiger partial charge in [-0.1, -0.05) is 36.4 Å². The van der Waals surface area contributed by atoms with Crippen molar-refractivity contribution in [3.63, 3.8) is 0 Å². The Morgan fingerprint density at radius 3 is 2.83 bits per heavy atom. The highest BCUT2D eigenvalue weighted by molar-refractivity contribution is 7.10. The predicted octanol–water partition coefficient (Wildman–Crippen LogP) is 3.26. The third-order valence-corrected chi connectivity index (χ3v) is 5.78. The van der Waals surface area contributed by atoms with Gasteiger partial charge >= 0.3 is 0 Å². The molecule has 2 aromatic carbocycles. The first-order chi connectivity index (χ1) is 11.8. The van der Waals surface area contributed by atoms with Gasteiger partial charge in [-0.15, -0.1) is 11.3 Å². The molecule has 2 heterocycles. The molecule has 2 N–H and O–H groups in total. The molecule has 1 aliphatic heterocycles. The van der Waals surface area contributed by atoms with Crippen molar-refractivity contribution >= 4 is 33.7 Å². The van der Waals surface area contributed by atoms with Gasteiger partial charge in [0.1, 0.15) is 6.04 Å². The van der Waals surface area contributed by atoms with Crippen molar-refractivity contribution in [3.05, 3.63) is 64.9 Å². The van der Waals surface area contributed by atoms with Gasteiger partial charge in [0.2, 0.25) is 0 Å². The molecule has 0 spiro atoms. The van der Waals surface area contributed by atoms with Gasteiger partial charge in [-0.2, -0.15) is 0 Å². The van der Waals surface area contributed by atoms with E-state index < -0.39 is 0 Å². The smallest absolute Gasteiger partial charge is 0.279 e. The largest absolute Gasteiger partial charge is 0.321 e. The number of thiophene rings is 1. The molecule has 3 nitrogen and oxygen atoms in total. The quantitative estimate of drug-likeness (QED) is 0.753. The number of hydrogen-bond donors (Lipinski definition) is 2. The van der Waals surface area contributed by atoms with Crippen molar-refractivity contribution in [2.75, 3.05) is 18.4 Å². The summed E-state index contributed by atoms with van der Waals surface area (Å²) in [5.74, 6) is 0.101. The van der Waals surface area contributed by atoms with Gasteiger partial charge < -0.3 is 10.2 Å². The van der Waals surface area contributed by atoms with Crippen LogP contribution in [0.25, 0.3) is 10.8 Å². The first kappa shape index (κ1) is 15.4. The second kappa shape index (κ2) is 6.75. The number of hydrogen-bond acceptors (Lipinski definition) is 2. The van der Waals surface area contributed by atoms with Crippen molar-refractivity contribution in [2.45, 2.75) is 18.9 Å². The Labute approximate surface area is 145 Å². The Morgan fingerprint density at radius 2 is 2.00 bits per heavy atom. The monoisotopic (exact) mass is 337 g/mol. The number of nitrogens with one attached hydrogen (secondary N) is 2. The molecule has 4 rings (SSSR count). The minimum absolute atomic E-state index is 0.101. The summed E-state index contributed by atoms with van der Waals surface area (Å²) >= 11 is 1.80. The molecule has 1 aromatic heterocycles. The van der Waals surface area contributed by atoms with Crippen LogP contribution in [0.5, 0.6) is 0 Å². The third kappa shape index (κ3) is 3.21. The molecule has 1 saturated heterocycles. The number of likely N-dealkylation sites (tertiary alicyclic amines) is 1. The van der Waals surface area contributed by atoms with Gasteiger partial charge in [-0.05, 0) is 34.4 Å². The number of rotatable bonds is 4. The molecule has 2 atom stereocenters. The Balaban J connectivity index is 1.44. The summed E-state index contributed by atoms with van der Waals surface area (Å²) in [6.45, 7) is 1.61. The van der Waals surface area contributed by atoms with E-state index in [0.717, 1.165) is 17.6 Å². The van der Waals surface area contributed by atoms with Crippen LogP contribution < -0.4 is 10.2 Å².